The maximum absolute atomic E-state index is 12.7. The maximum atomic E-state index is 12.7. The molecule has 1 aromatic heterocycles. The van der Waals surface area contributed by atoms with Crippen LogP contribution >= 0.6 is 0 Å². The van der Waals surface area contributed by atoms with Gasteiger partial charge in [0, 0.05) is 22.3 Å². The molecule has 0 spiro atoms. The van der Waals surface area contributed by atoms with Gasteiger partial charge in [-0.1, -0.05) is 72.8 Å². The molecule has 0 amide bonds. The van der Waals surface area contributed by atoms with E-state index in [4.69, 9.17) is 9.15 Å². The first-order valence-electron chi connectivity index (χ1n) is 11.0. The fourth-order valence-electron chi connectivity index (χ4n) is 3.61. The Morgan fingerprint density at radius 3 is 2.00 bits per heavy atom. The highest BCUT2D eigenvalue weighted by Gasteiger charge is 2.14. The van der Waals surface area contributed by atoms with Gasteiger partial charge in [-0.25, -0.2) is 4.79 Å². The van der Waals surface area contributed by atoms with Crippen molar-refractivity contribution < 1.29 is 18.7 Å². The minimum atomic E-state index is -0.491. The predicted octanol–water partition coefficient (Wildman–Crippen LogP) is 5.99. The van der Waals surface area contributed by atoms with Gasteiger partial charge in [0.25, 0.3) is 0 Å². The number of hydrogen-bond acceptors (Lipinski definition) is 6. The van der Waals surface area contributed by atoms with E-state index >= 15 is 0 Å². The number of rotatable bonds is 7. The van der Waals surface area contributed by atoms with Crippen LogP contribution in [0, 0.1) is 0 Å². The summed E-state index contributed by atoms with van der Waals surface area (Å²) in [6, 6.07) is 32.4. The average Bonchev–Trinajstić information content (AvgIpc) is 3.43. The number of carbonyl (C=O) groups excluding carboxylic acids is 2. The van der Waals surface area contributed by atoms with Crippen molar-refractivity contribution in [2.75, 3.05) is 0 Å². The minimum Gasteiger partial charge on any atom is -0.457 e. The lowest BCUT2D eigenvalue weighted by atomic mass is 10.0. The van der Waals surface area contributed by atoms with Gasteiger partial charge in [-0.2, -0.15) is 0 Å². The Kier molecular flexibility index (Phi) is 6.26. The zero-order valence-corrected chi connectivity index (χ0v) is 18.6. The second-order valence-electron chi connectivity index (χ2n) is 7.83. The number of aromatic nitrogens is 2. The van der Waals surface area contributed by atoms with Gasteiger partial charge in [-0.05, 0) is 42.0 Å². The Morgan fingerprint density at radius 1 is 0.629 bits per heavy atom. The van der Waals surface area contributed by atoms with Gasteiger partial charge in [0.05, 0.1) is 5.56 Å². The van der Waals surface area contributed by atoms with Gasteiger partial charge in [-0.15, -0.1) is 10.2 Å². The van der Waals surface area contributed by atoms with Gasteiger partial charge in [-0.3, -0.25) is 4.79 Å². The van der Waals surface area contributed by atoms with Crippen molar-refractivity contribution in [1.82, 2.24) is 10.2 Å². The van der Waals surface area contributed by atoms with Crippen LogP contribution in [0.1, 0.15) is 31.8 Å². The molecular weight excluding hydrogens is 440 g/mol. The van der Waals surface area contributed by atoms with Crippen LogP contribution in [-0.4, -0.2) is 21.9 Å². The van der Waals surface area contributed by atoms with Crippen molar-refractivity contribution >= 4 is 11.8 Å². The molecule has 0 saturated carbocycles. The Labute approximate surface area is 201 Å². The molecule has 0 aliphatic carbocycles. The van der Waals surface area contributed by atoms with E-state index in [0.717, 1.165) is 11.1 Å². The summed E-state index contributed by atoms with van der Waals surface area (Å²) in [5.41, 5.74) is 3.66. The number of carbonyl (C=O) groups is 2. The molecule has 0 saturated heterocycles. The van der Waals surface area contributed by atoms with Crippen LogP contribution in [0.3, 0.4) is 0 Å². The molecule has 0 aliphatic rings. The molecule has 170 valence electrons. The van der Waals surface area contributed by atoms with Crippen molar-refractivity contribution in [3.05, 3.63) is 131 Å². The molecule has 5 aromatic rings. The van der Waals surface area contributed by atoms with Crippen molar-refractivity contribution in [3.8, 4) is 22.9 Å². The monoisotopic (exact) mass is 460 g/mol. The van der Waals surface area contributed by atoms with Crippen LogP contribution in [0.4, 0.5) is 0 Å². The molecule has 6 nitrogen and oxygen atoms in total. The number of hydrogen-bond donors (Lipinski definition) is 0. The summed E-state index contributed by atoms with van der Waals surface area (Å²) in [7, 11) is 0. The summed E-state index contributed by atoms with van der Waals surface area (Å²) >= 11 is 0. The van der Waals surface area contributed by atoms with Crippen LogP contribution in [0.15, 0.2) is 114 Å². The van der Waals surface area contributed by atoms with Gasteiger partial charge in [0.1, 0.15) is 6.61 Å². The van der Waals surface area contributed by atoms with Crippen molar-refractivity contribution in [1.29, 1.82) is 0 Å². The molecule has 0 unspecified atom stereocenters. The van der Waals surface area contributed by atoms with E-state index in [1.807, 2.05) is 54.6 Å². The Hall–Kier alpha value is -4.84. The Balaban J connectivity index is 1.27. The van der Waals surface area contributed by atoms with Crippen molar-refractivity contribution in [2.45, 2.75) is 6.61 Å². The quantitative estimate of drug-likeness (QED) is 0.219. The molecule has 4 aromatic carbocycles. The van der Waals surface area contributed by atoms with E-state index in [1.54, 1.807) is 54.6 Å². The zero-order valence-electron chi connectivity index (χ0n) is 18.6. The summed E-state index contributed by atoms with van der Waals surface area (Å²) in [5, 5.41) is 8.20. The molecule has 5 rings (SSSR count). The first-order chi connectivity index (χ1) is 17.2. The van der Waals surface area contributed by atoms with E-state index in [-0.39, 0.29) is 12.4 Å². The summed E-state index contributed by atoms with van der Waals surface area (Å²) in [4.78, 5) is 25.4. The number of benzene rings is 4. The number of ether oxygens (including phenoxy) is 1. The molecule has 0 radical (unpaired) electrons. The molecule has 0 N–H and O–H groups in total. The highest BCUT2D eigenvalue weighted by molar-refractivity contribution is 6.09. The normalized spacial score (nSPS) is 10.6. The lowest BCUT2D eigenvalue weighted by molar-refractivity contribution is 0.0472. The van der Waals surface area contributed by atoms with Crippen LogP contribution in [-0.2, 0) is 11.3 Å². The lowest BCUT2D eigenvalue weighted by Crippen LogP contribution is -2.06. The Bertz CT molecular complexity index is 1480. The van der Waals surface area contributed by atoms with E-state index in [1.165, 1.54) is 0 Å². The second kappa shape index (κ2) is 9.97. The van der Waals surface area contributed by atoms with E-state index in [9.17, 15) is 9.59 Å². The molecule has 0 bridgehead atoms. The third-order valence-corrected chi connectivity index (χ3v) is 5.39. The lowest BCUT2D eigenvalue weighted by Gasteiger charge is -2.07. The van der Waals surface area contributed by atoms with Gasteiger partial charge in [0.2, 0.25) is 11.8 Å². The number of esters is 1. The second-order valence-corrected chi connectivity index (χ2v) is 7.83. The topological polar surface area (TPSA) is 82.3 Å². The molecule has 6 heteroatoms. The third kappa shape index (κ3) is 5.07. The van der Waals surface area contributed by atoms with Crippen molar-refractivity contribution in [2.24, 2.45) is 0 Å². The third-order valence-electron chi connectivity index (χ3n) is 5.39. The van der Waals surface area contributed by atoms with Gasteiger partial charge < -0.3 is 9.15 Å². The molecule has 35 heavy (non-hydrogen) atoms. The van der Waals surface area contributed by atoms with E-state index in [2.05, 4.69) is 10.2 Å². The standard InChI is InChI=1S/C29H20N2O4/c32-26(21-10-3-1-4-11-21)23-14-7-9-20(17-23)19-34-29(33)25-16-8-15-24(18-25)28-31-30-27(35-28)22-12-5-2-6-13-22/h1-18H,19H2. The largest absolute Gasteiger partial charge is 0.457 e. The van der Waals surface area contributed by atoms with Gasteiger partial charge in [0.15, 0.2) is 5.78 Å². The summed E-state index contributed by atoms with van der Waals surface area (Å²) < 4.78 is 11.3. The number of nitrogens with zero attached hydrogens (tertiary/aromatic N) is 2. The first kappa shape index (κ1) is 22.0. The van der Waals surface area contributed by atoms with E-state index in [0.29, 0.717) is 34.0 Å². The highest BCUT2D eigenvalue weighted by Crippen LogP contribution is 2.24. The fraction of sp³-hybridized carbons (Fsp3) is 0.0345. The fourth-order valence-corrected chi connectivity index (χ4v) is 3.61. The van der Waals surface area contributed by atoms with E-state index < -0.39 is 5.97 Å². The van der Waals surface area contributed by atoms with Crippen LogP contribution in [0.2, 0.25) is 0 Å². The Morgan fingerprint density at radius 2 is 1.23 bits per heavy atom. The molecular formula is C29H20N2O4. The summed E-state index contributed by atoms with van der Waals surface area (Å²) in [5.74, 6) is 0.138. The van der Waals surface area contributed by atoms with Crippen LogP contribution in [0.25, 0.3) is 22.9 Å². The summed E-state index contributed by atoms with van der Waals surface area (Å²) in [6.45, 7) is 0.0394. The zero-order chi connectivity index (χ0) is 24.0. The molecule has 0 fully saturated rings. The minimum absolute atomic E-state index is 0.0394. The molecule has 0 atom stereocenters. The molecule has 1 heterocycles. The van der Waals surface area contributed by atoms with Gasteiger partial charge >= 0.3 is 5.97 Å². The first-order valence-corrected chi connectivity index (χ1v) is 11.0. The smallest absolute Gasteiger partial charge is 0.338 e. The van der Waals surface area contributed by atoms with Crippen LogP contribution in [0.5, 0.6) is 0 Å². The SMILES string of the molecule is O=C(OCc1cccc(C(=O)c2ccccc2)c1)c1cccc(-c2nnc(-c3ccccc3)o2)c1. The highest BCUT2D eigenvalue weighted by atomic mass is 16.5. The summed E-state index contributed by atoms with van der Waals surface area (Å²) in [6.07, 6.45) is 0. The maximum Gasteiger partial charge on any atom is 0.338 e. The average molecular weight is 460 g/mol. The predicted molar refractivity (Wildman–Crippen MR) is 131 cm³/mol. The van der Waals surface area contributed by atoms with Crippen molar-refractivity contribution in [3.63, 3.8) is 0 Å². The number of ketones is 1. The van der Waals surface area contributed by atoms with Crippen LogP contribution < -0.4 is 0 Å². The molecule has 0 aliphatic heterocycles.